The maximum Gasteiger partial charge on any atom is 0.175 e. The first kappa shape index (κ1) is 14.2. The highest BCUT2D eigenvalue weighted by atomic mass is 32.2. The number of benzene rings is 1. The van der Waals surface area contributed by atoms with Crippen molar-refractivity contribution in [2.24, 2.45) is 5.92 Å². The van der Waals surface area contributed by atoms with Crippen LogP contribution in [0.25, 0.3) is 0 Å². The third kappa shape index (κ3) is 3.62. The summed E-state index contributed by atoms with van der Waals surface area (Å²) in [6.07, 6.45) is 5.79. The SMILES string of the molecule is CC1CCC(Oc2ccc(S(C)(=O)=O)cc2N)CC1. The standard InChI is InChI=1S/C14H21NO3S/c1-10-3-5-11(6-4-10)18-14-8-7-12(9-13(14)15)19(2,16)17/h7-11H,3-6,15H2,1-2H3. The first-order valence-electron chi connectivity index (χ1n) is 6.62. The molecule has 1 aliphatic rings. The Hall–Kier alpha value is -1.23. The maximum absolute atomic E-state index is 11.4. The molecule has 0 aromatic heterocycles. The van der Waals surface area contributed by atoms with Crippen molar-refractivity contribution < 1.29 is 13.2 Å². The van der Waals surface area contributed by atoms with E-state index >= 15 is 0 Å². The number of hydrogen-bond acceptors (Lipinski definition) is 4. The summed E-state index contributed by atoms with van der Waals surface area (Å²) in [6.45, 7) is 2.26. The molecule has 1 aromatic carbocycles. The highest BCUT2D eigenvalue weighted by molar-refractivity contribution is 7.90. The molecule has 2 rings (SSSR count). The van der Waals surface area contributed by atoms with Crippen molar-refractivity contribution in [1.82, 2.24) is 0 Å². The predicted molar refractivity (Wildman–Crippen MR) is 76.0 cm³/mol. The summed E-state index contributed by atoms with van der Waals surface area (Å²) in [6, 6.07) is 4.67. The van der Waals surface area contributed by atoms with Crippen LogP contribution in [0, 0.1) is 5.92 Å². The van der Waals surface area contributed by atoms with Crippen LogP contribution in [0.15, 0.2) is 23.1 Å². The molecule has 0 amide bonds. The van der Waals surface area contributed by atoms with Crippen LogP contribution < -0.4 is 10.5 Å². The molecule has 0 unspecified atom stereocenters. The quantitative estimate of drug-likeness (QED) is 0.866. The number of anilines is 1. The lowest BCUT2D eigenvalue weighted by molar-refractivity contribution is 0.136. The average molecular weight is 283 g/mol. The van der Waals surface area contributed by atoms with Crippen molar-refractivity contribution in [1.29, 1.82) is 0 Å². The van der Waals surface area contributed by atoms with E-state index in [1.165, 1.54) is 25.2 Å². The number of nitrogens with two attached hydrogens (primary N) is 1. The Morgan fingerprint density at radius 3 is 2.37 bits per heavy atom. The van der Waals surface area contributed by atoms with E-state index in [-0.39, 0.29) is 11.0 Å². The summed E-state index contributed by atoms with van der Waals surface area (Å²) in [5.41, 5.74) is 6.26. The van der Waals surface area contributed by atoms with E-state index in [0.717, 1.165) is 18.8 Å². The minimum atomic E-state index is -3.22. The number of hydrogen-bond donors (Lipinski definition) is 1. The Kier molecular flexibility index (Phi) is 4.04. The van der Waals surface area contributed by atoms with Gasteiger partial charge in [0.15, 0.2) is 9.84 Å². The molecule has 106 valence electrons. The third-order valence-electron chi connectivity index (χ3n) is 3.67. The van der Waals surface area contributed by atoms with E-state index in [9.17, 15) is 8.42 Å². The lowest BCUT2D eigenvalue weighted by Gasteiger charge is -2.27. The van der Waals surface area contributed by atoms with Gasteiger partial charge in [0, 0.05) is 6.26 Å². The Morgan fingerprint density at radius 1 is 1.21 bits per heavy atom. The second-order valence-electron chi connectivity index (χ2n) is 5.47. The average Bonchev–Trinajstić information content (AvgIpc) is 2.33. The Bertz CT molecular complexity index is 546. The Balaban J connectivity index is 2.09. The van der Waals surface area contributed by atoms with Gasteiger partial charge in [0.2, 0.25) is 0 Å². The summed E-state index contributed by atoms with van der Waals surface area (Å²) < 4.78 is 28.7. The first-order valence-corrected chi connectivity index (χ1v) is 8.51. The number of rotatable bonds is 3. The topological polar surface area (TPSA) is 69.4 Å². The number of sulfone groups is 1. The molecule has 5 heteroatoms. The largest absolute Gasteiger partial charge is 0.488 e. The fraction of sp³-hybridized carbons (Fsp3) is 0.571. The van der Waals surface area contributed by atoms with Crippen LogP contribution in [0.4, 0.5) is 5.69 Å². The van der Waals surface area contributed by atoms with E-state index in [1.54, 1.807) is 12.1 Å². The van der Waals surface area contributed by atoms with E-state index in [4.69, 9.17) is 10.5 Å². The van der Waals surface area contributed by atoms with Gasteiger partial charge in [0.1, 0.15) is 5.75 Å². The van der Waals surface area contributed by atoms with Crippen molar-refractivity contribution in [2.45, 2.75) is 43.6 Å². The molecule has 0 heterocycles. The maximum atomic E-state index is 11.4. The van der Waals surface area contributed by atoms with Gasteiger partial charge >= 0.3 is 0 Å². The minimum absolute atomic E-state index is 0.197. The van der Waals surface area contributed by atoms with Gasteiger partial charge in [-0.25, -0.2) is 8.42 Å². The van der Waals surface area contributed by atoms with Crippen molar-refractivity contribution in [3.63, 3.8) is 0 Å². The zero-order valence-corrected chi connectivity index (χ0v) is 12.2. The molecule has 0 radical (unpaired) electrons. The smallest absolute Gasteiger partial charge is 0.175 e. The Morgan fingerprint density at radius 2 is 1.84 bits per heavy atom. The first-order chi connectivity index (χ1) is 8.86. The van der Waals surface area contributed by atoms with Crippen molar-refractivity contribution >= 4 is 15.5 Å². The van der Waals surface area contributed by atoms with Crippen LogP contribution in [0.2, 0.25) is 0 Å². The zero-order chi connectivity index (χ0) is 14.0. The van der Waals surface area contributed by atoms with E-state index in [0.29, 0.717) is 11.4 Å². The van der Waals surface area contributed by atoms with Crippen LogP contribution in [0.3, 0.4) is 0 Å². The molecule has 0 bridgehead atoms. The fourth-order valence-corrected chi connectivity index (χ4v) is 3.05. The molecule has 0 atom stereocenters. The van der Waals surface area contributed by atoms with Crippen molar-refractivity contribution in [2.75, 3.05) is 12.0 Å². The zero-order valence-electron chi connectivity index (χ0n) is 11.4. The van der Waals surface area contributed by atoms with Gasteiger partial charge in [-0.3, -0.25) is 0 Å². The van der Waals surface area contributed by atoms with Gasteiger partial charge in [-0.15, -0.1) is 0 Å². The van der Waals surface area contributed by atoms with Gasteiger partial charge in [-0.1, -0.05) is 6.92 Å². The van der Waals surface area contributed by atoms with E-state index in [1.807, 2.05) is 0 Å². The predicted octanol–water partition coefficient (Wildman–Crippen LogP) is 2.63. The molecule has 0 spiro atoms. The molecule has 1 aromatic rings. The second-order valence-corrected chi connectivity index (χ2v) is 7.49. The molecule has 4 nitrogen and oxygen atoms in total. The normalized spacial score (nSPS) is 24.1. The molecule has 19 heavy (non-hydrogen) atoms. The molecular formula is C14H21NO3S. The summed E-state index contributed by atoms with van der Waals surface area (Å²) in [4.78, 5) is 0.231. The van der Waals surface area contributed by atoms with Gasteiger partial charge in [-0.2, -0.15) is 0 Å². The van der Waals surface area contributed by atoms with Gasteiger partial charge < -0.3 is 10.5 Å². The second kappa shape index (κ2) is 5.41. The summed E-state index contributed by atoms with van der Waals surface area (Å²) in [5.74, 6) is 1.36. The summed E-state index contributed by atoms with van der Waals surface area (Å²) in [5, 5.41) is 0. The van der Waals surface area contributed by atoms with Crippen molar-refractivity contribution in [3.8, 4) is 5.75 Å². The van der Waals surface area contributed by atoms with Crippen LogP contribution in [0.1, 0.15) is 32.6 Å². The lowest BCUT2D eigenvalue weighted by Crippen LogP contribution is -2.23. The summed E-state index contributed by atoms with van der Waals surface area (Å²) >= 11 is 0. The number of nitrogen functional groups attached to an aromatic ring is 1. The van der Waals surface area contributed by atoms with Crippen molar-refractivity contribution in [3.05, 3.63) is 18.2 Å². The monoisotopic (exact) mass is 283 g/mol. The van der Waals surface area contributed by atoms with Crippen LogP contribution in [0.5, 0.6) is 5.75 Å². The van der Waals surface area contributed by atoms with E-state index in [2.05, 4.69) is 6.92 Å². The highest BCUT2D eigenvalue weighted by Crippen LogP contribution is 2.31. The highest BCUT2D eigenvalue weighted by Gasteiger charge is 2.20. The lowest BCUT2D eigenvalue weighted by atomic mass is 9.89. The summed E-state index contributed by atoms with van der Waals surface area (Å²) in [7, 11) is -3.22. The molecule has 2 N–H and O–H groups in total. The van der Waals surface area contributed by atoms with Crippen LogP contribution >= 0.6 is 0 Å². The van der Waals surface area contributed by atoms with Gasteiger partial charge in [0.25, 0.3) is 0 Å². The van der Waals surface area contributed by atoms with Crippen LogP contribution in [-0.4, -0.2) is 20.8 Å². The minimum Gasteiger partial charge on any atom is -0.488 e. The molecule has 1 aliphatic carbocycles. The molecule has 1 saturated carbocycles. The van der Waals surface area contributed by atoms with E-state index < -0.39 is 9.84 Å². The molecular weight excluding hydrogens is 262 g/mol. The molecule has 0 saturated heterocycles. The van der Waals surface area contributed by atoms with Crippen LogP contribution in [-0.2, 0) is 9.84 Å². The Labute approximate surface area is 114 Å². The number of ether oxygens (including phenoxy) is 1. The van der Waals surface area contributed by atoms with Gasteiger partial charge in [-0.05, 0) is 49.8 Å². The molecule has 1 fully saturated rings. The fourth-order valence-electron chi connectivity index (χ4n) is 2.39. The molecule has 0 aliphatic heterocycles. The third-order valence-corrected chi connectivity index (χ3v) is 4.78. The van der Waals surface area contributed by atoms with Gasteiger partial charge in [0.05, 0.1) is 16.7 Å².